The molecule has 1 unspecified atom stereocenters. The molecular formula is C15H22F2N2. The van der Waals surface area contributed by atoms with Crippen LogP contribution in [0.2, 0.25) is 0 Å². The van der Waals surface area contributed by atoms with Gasteiger partial charge in [-0.1, -0.05) is 13.0 Å². The number of hydrogen-bond donors (Lipinski definition) is 1. The normalized spacial score (nSPS) is 19.9. The predicted molar refractivity (Wildman–Crippen MR) is 73.0 cm³/mol. The lowest BCUT2D eigenvalue weighted by molar-refractivity contribution is 0.158. The first kappa shape index (κ1) is 14.4. The molecular weight excluding hydrogens is 246 g/mol. The van der Waals surface area contributed by atoms with E-state index in [-0.39, 0.29) is 0 Å². The van der Waals surface area contributed by atoms with E-state index in [1.54, 1.807) is 6.07 Å². The molecule has 0 radical (unpaired) electrons. The number of rotatable bonds is 5. The summed E-state index contributed by atoms with van der Waals surface area (Å²) in [5, 5.41) is 3.40. The summed E-state index contributed by atoms with van der Waals surface area (Å²) in [6.07, 6.45) is 3.43. The van der Waals surface area contributed by atoms with Crippen molar-refractivity contribution in [2.75, 3.05) is 19.6 Å². The average molecular weight is 268 g/mol. The molecule has 1 aromatic carbocycles. The van der Waals surface area contributed by atoms with E-state index in [1.165, 1.54) is 25.0 Å². The highest BCUT2D eigenvalue weighted by Gasteiger charge is 2.20. The van der Waals surface area contributed by atoms with Gasteiger partial charge in [-0.05, 0) is 50.0 Å². The zero-order chi connectivity index (χ0) is 13.7. The van der Waals surface area contributed by atoms with E-state index >= 15 is 0 Å². The van der Waals surface area contributed by atoms with Crippen LogP contribution in [0.1, 0.15) is 31.7 Å². The van der Waals surface area contributed by atoms with Crippen molar-refractivity contribution in [2.45, 2.75) is 38.8 Å². The Morgan fingerprint density at radius 2 is 2.16 bits per heavy atom. The Morgan fingerprint density at radius 3 is 2.79 bits per heavy atom. The summed E-state index contributed by atoms with van der Waals surface area (Å²) in [5.41, 5.74) is 0.845. The first-order valence-corrected chi connectivity index (χ1v) is 7.09. The van der Waals surface area contributed by atoms with Gasteiger partial charge in [0, 0.05) is 19.1 Å². The summed E-state index contributed by atoms with van der Waals surface area (Å²) >= 11 is 0. The van der Waals surface area contributed by atoms with Crippen LogP contribution in [0.15, 0.2) is 18.2 Å². The molecule has 0 bridgehead atoms. The van der Waals surface area contributed by atoms with Gasteiger partial charge in [-0.2, -0.15) is 0 Å². The first-order chi connectivity index (χ1) is 9.20. The molecule has 1 aromatic rings. The third-order valence-corrected chi connectivity index (χ3v) is 3.67. The van der Waals surface area contributed by atoms with Gasteiger partial charge in [-0.25, -0.2) is 8.78 Å². The van der Waals surface area contributed by atoms with Gasteiger partial charge in [0.05, 0.1) is 0 Å². The van der Waals surface area contributed by atoms with Crippen LogP contribution < -0.4 is 5.32 Å². The topological polar surface area (TPSA) is 15.3 Å². The van der Waals surface area contributed by atoms with Crippen LogP contribution in [0.4, 0.5) is 8.78 Å². The molecule has 0 aromatic heterocycles. The quantitative estimate of drug-likeness (QED) is 0.883. The smallest absolute Gasteiger partial charge is 0.159 e. The second-order valence-corrected chi connectivity index (χ2v) is 5.22. The molecule has 106 valence electrons. The van der Waals surface area contributed by atoms with Crippen LogP contribution in [0.3, 0.4) is 0 Å². The summed E-state index contributed by atoms with van der Waals surface area (Å²) < 4.78 is 26.2. The van der Waals surface area contributed by atoms with Crippen molar-refractivity contribution in [1.82, 2.24) is 10.2 Å². The van der Waals surface area contributed by atoms with Gasteiger partial charge in [-0.15, -0.1) is 0 Å². The molecule has 0 saturated carbocycles. The van der Waals surface area contributed by atoms with Gasteiger partial charge in [0.15, 0.2) is 11.6 Å². The number of benzene rings is 1. The highest BCUT2D eigenvalue weighted by molar-refractivity contribution is 5.17. The van der Waals surface area contributed by atoms with Crippen molar-refractivity contribution in [3.05, 3.63) is 35.4 Å². The number of nitrogens with zero attached hydrogens (tertiary/aromatic N) is 1. The number of hydrogen-bond acceptors (Lipinski definition) is 2. The minimum atomic E-state index is -0.773. The van der Waals surface area contributed by atoms with E-state index in [0.29, 0.717) is 12.6 Å². The molecule has 1 N–H and O–H groups in total. The van der Waals surface area contributed by atoms with Crippen molar-refractivity contribution < 1.29 is 8.78 Å². The molecule has 0 amide bonds. The SMILES string of the molecule is CCCN(Cc1ccc(F)c(F)c1)C1CCCNC1. The largest absolute Gasteiger partial charge is 0.315 e. The molecule has 2 rings (SSSR count). The van der Waals surface area contributed by atoms with Gasteiger partial charge < -0.3 is 5.32 Å². The van der Waals surface area contributed by atoms with Gasteiger partial charge in [0.2, 0.25) is 0 Å². The summed E-state index contributed by atoms with van der Waals surface area (Å²) in [5.74, 6) is -1.53. The van der Waals surface area contributed by atoms with E-state index in [2.05, 4.69) is 17.1 Å². The molecule has 1 fully saturated rings. The van der Waals surface area contributed by atoms with Crippen LogP contribution in [0.5, 0.6) is 0 Å². The predicted octanol–water partition coefficient (Wildman–Crippen LogP) is 2.93. The molecule has 1 aliphatic rings. The molecule has 4 heteroatoms. The lowest BCUT2D eigenvalue weighted by Crippen LogP contribution is -2.45. The van der Waals surface area contributed by atoms with Crippen molar-refractivity contribution in [2.24, 2.45) is 0 Å². The minimum absolute atomic E-state index is 0.502. The Kier molecular flexibility index (Phi) is 5.28. The molecule has 1 saturated heterocycles. The Hall–Kier alpha value is -1.00. The zero-order valence-corrected chi connectivity index (χ0v) is 11.5. The summed E-state index contributed by atoms with van der Waals surface area (Å²) in [6, 6.07) is 4.71. The monoisotopic (exact) mass is 268 g/mol. The summed E-state index contributed by atoms with van der Waals surface area (Å²) in [7, 11) is 0. The summed E-state index contributed by atoms with van der Waals surface area (Å²) in [4.78, 5) is 2.37. The minimum Gasteiger partial charge on any atom is -0.315 e. The fourth-order valence-electron chi connectivity index (χ4n) is 2.70. The average Bonchev–Trinajstić information content (AvgIpc) is 2.43. The molecule has 0 aliphatic carbocycles. The van der Waals surface area contributed by atoms with Gasteiger partial charge in [-0.3, -0.25) is 4.90 Å². The van der Waals surface area contributed by atoms with Crippen LogP contribution >= 0.6 is 0 Å². The highest BCUT2D eigenvalue weighted by atomic mass is 19.2. The standard InChI is InChI=1S/C15H22F2N2/c1-2-8-19(13-4-3-7-18-10-13)11-12-5-6-14(16)15(17)9-12/h5-6,9,13,18H,2-4,7-8,10-11H2,1H3. The van der Waals surface area contributed by atoms with Crippen molar-refractivity contribution >= 4 is 0 Å². The third kappa shape index (κ3) is 3.98. The maximum atomic E-state index is 13.3. The molecule has 1 aliphatic heterocycles. The number of piperidine rings is 1. The summed E-state index contributed by atoms with van der Waals surface area (Å²) in [6.45, 7) is 5.91. The Morgan fingerprint density at radius 1 is 1.32 bits per heavy atom. The lowest BCUT2D eigenvalue weighted by atomic mass is 10.0. The Labute approximate surface area is 113 Å². The maximum Gasteiger partial charge on any atom is 0.159 e. The van der Waals surface area contributed by atoms with Gasteiger partial charge in [0.25, 0.3) is 0 Å². The van der Waals surface area contributed by atoms with Crippen molar-refractivity contribution in [1.29, 1.82) is 0 Å². The van der Waals surface area contributed by atoms with E-state index < -0.39 is 11.6 Å². The van der Waals surface area contributed by atoms with Crippen molar-refractivity contribution in [3.8, 4) is 0 Å². The van der Waals surface area contributed by atoms with Gasteiger partial charge >= 0.3 is 0 Å². The fraction of sp³-hybridized carbons (Fsp3) is 0.600. The van der Waals surface area contributed by atoms with E-state index in [4.69, 9.17) is 0 Å². The molecule has 1 atom stereocenters. The van der Waals surface area contributed by atoms with Crippen LogP contribution in [0, 0.1) is 11.6 Å². The lowest BCUT2D eigenvalue weighted by Gasteiger charge is -2.34. The second kappa shape index (κ2) is 6.96. The van der Waals surface area contributed by atoms with Crippen molar-refractivity contribution in [3.63, 3.8) is 0 Å². The van der Waals surface area contributed by atoms with Gasteiger partial charge in [0.1, 0.15) is 0 Å². The fourth-order valence-corrected chi connectivity index (χ4v) is 2.70. The second-order valence-electron chi connectivity index (χ2n) is 5.22. The first-order valence-electron chi connectivity index (χ1n) is 7.09. The number of nitrogens with one attached hydrogen (secondary N) is 1. The molecule has 0 spiro atoms. The zero-order valence-electron chi connectivity index (χ0n) is 11.5. The Bertz CT molecular complexity index is 403. The highest BCUT2D eigenvalue weighted by Crippen LogP contribution is 2.16. The number of halogens is 2. The van der Waals surface area contributed by atoms with Crippen LogP contribution in [-0.4, -0.2) is 30.6 Å². The van der Waals surface area contributed by atoms with E-state index in [9.17, 15) is 8.78 Å². The van der Waals surface area contributed by atoms with Crippen LogP contribution in [0.25, 0.3) is 0 Å². The van der Waals surface area contributed by atoms with E-state index in [1.807, 2.05) is 0 Å². The van der Waals surface area contributed by atoms with E-state index in [0.717, 1.165) is 31.6 Å². The molecule has 19 heavy (non-hydrogen) atoms. The Balaban J connectivity index is 2.04. The molecule has 1 heterocycles. The third-order valence-electron chi connectivity index (χ3n) is 3.67. The van der Waals surface area contributed by atoms with Crippen LogP contribution in [-0.2, 0) is 6.54 Å². The molecule has 2 nitrogen and oxygen atoms in total. The maximum absolute atomic E-state index is 13.3.